The Hall–Kier alpha value is -2.52. The van der Waals surface area contributed by atoms with Crippen molar-refractivity contribution in [3.05, 3.63) is 41.9 Å². The van der Waals surface area contributed by atoms with Gasteiger partial charge in [0.15, 0.2) is 9.84 Å². The standard InChI is InChI=1S/C17H20N4O4S/c1-26(23,24)11-25-10-12-5-14(8-19-7-12)15-6-13-3-2-4-21(17(18)22)16(13)20-9-15/h5-9H,2-4,10-11H2,1H3,(H2,18,22). The van der Waals surface area contributed by atoms with Gasteiger partial charge in [-0.2, -0.15) is 0 Å². The van der Waals surface area contributed by atoms with E-state index in [-0.39, 0.29) is 12.5 Å². The van der Waals surface area contributed by atoms with E-state index < -0.39 is 15.9 Å². The number of nitrogens with two attached hydrogens (primary N) is 1. The van der Waals surface area contributed by atoms with Gasteiger partial charge in [-0.25, -0.2) is 18.2 Å². The van der Waals surface area contributed by atoms with Gasteiger partial charge in [-0.05, 0) is 36.1 Å². The Bertz CT molecular complexity index is 930. The fraction of sp³-hybridized carbons (Fsp3) is 0.353. The molecule has 9 heteroatoms. The highest BCUT2D eigenvalue weighted by Crippen LogP contribution is 2.29. The lowest BCUT2D eigenvalue weighted by atomic mass is 10.0. The first-order valence-corrected chi connectivity index (χ1v) is 10.2. The smallest absolute Gasteiger partial charge is 0.320 e. The van der Waals surface area contributed by atoms with E-state index in [2.05, 4.69) is 9.97 Å². The molecule has 3 rings (SSSR count). The number of nitrogens with zero attached hydrogens (tertiary/aromatic N) is 3. The molecule has 138 valence electrons. The lowest BCUT2D eigenvalue weighted by Gasteiger charge is -2.26. The maximum Gasteiger partial charge on any atom is 0.320 e. The first-order chi connectivity index (χ1) is 12.3. The second-order valence-electron chi connectivity index (χ2n) is 6.27. The number of rotatable bonds is 5. The minimum absolute atomic E-state index is 0.154. The molecule has 2 N–H and O–H groups in total. The topological polar surface area (TPSA) is 115 Å². The number of sulfone groups is 1. The zero-order valence-corrected chi connectivity index (χ0v) is 15.2. The Kier molecular flexibility index (Phi) is 5.19. The number of ether oxygens (including phenoxy) is 1. The minimum Gasteiger partial charge on any atom is -0.361 e. The molecule has 1 aliphatic rings. The predicted octanol–water partition coefficient (Wildman–Crippen LogP) is 1.49. The van der Waals surface area contributed by atoms with Crippen LogP contribution in [0.4, 0.5) is 10.6 Å². The van der Waals surface area contributed by atoms with Crippen molar-refractivity contribution in [3.8, 4) is 11.1 Å². The summed E-state index contributed by atoms with van der Waals surface area (Å²) in [5, 5.41) is 0. The summed E-state index contributed by atoms with van der Waals surface area (Å²) < 4.78 is 27.5. The molecule has 0 unspecified atom stereocenters. The van der Waals surface area contributed by atoms with Crippen LogP contribution >= 0.6 is 0 Å². The number of aryl methyl sites for hydroxylation is 1. The molecule has 2 aromatic heterocycles. The van der Waals surface area contributed by atoms with Crippen LogP contribution in [0.5, 0.6) is 0 Å². The molecule has 3 heterocycles. The zero-order valence-electron chi connectivity index (χ0n) is 14.4. The van der Waals surface area contributed by atoms with Crippen LogP contribution in [0.3, 0.4) is 0 Å². The predicted molar refractivity (Wildman–Crippen MR) is 97.2 cm³/mol. The molecule has 0 saturated carbocycles. The Morgan fingerprint density at radius 3 is 2.77 bits per heavy atom. The average Bonchev–Trinajstić information content (AvgIpc) is 2.60. The number of primary amides is 1. The summed E-state index contributed by atoms with van der Waals surface area (Å²) in [6.45, 7) is 0.727. The number of carbonyl (C=O) groups is 1. The maximum atomic E-state index is 11.5. The molecule has 0 aromatic carbocycles. The highest BCUT2D eigenvalue weighted by Gasteiger charge is 2.22. The van der Waals surface area contributed by atoms with Crippen molar-refractivity contribution in [2.45, 2.75) is 19.4 Å². The lowest BCUT2D eigenvalue weighted by Crippen LogP contribution is -2.40. The fourth-order valence-electron chi connectivity index (χ4n) is 2.87. The quantitative estimate of drug-likeness (QED) is 0.845. The van der Waals surface area contributed by atoms with Crippen molar-refractivity contribution in [2.75, 3.05) is 23.6 Å². The number of amides is 2. The van der Waals surface area contributed by atoms with E-state index >= 15 is 0 Å². The van der Waals surface area contributed by atoms with Crippen LogP contribution in [0, 0.1) is 0 Å². The lowest BCUT2D eigenvalue weighted by molar-refractivity contribution is 0.163. The SMILES string of the molecule is CS(=O)(=O)COCc1cncc(-c2cnc3c(c2)CCCN3C(N)=O)c1. The van der Waals surface area contributed by atoms with E-state index in [1.54, 1.807) is 18.6 Å². The van der Waals surface area contributed by atoms with Crippen LogP contribution in [-0.4, -0.2) is 43.2 Å². The molecular weight excluding hydrogens is 356 g/mol. The molecule has 0 aliphatic carbocycles. The molecule has 2 amide bonds. The van der Waals surface area contributed by atoms with E-state index in [1.807, 2.05) is 12.1 Å². The Morgan fingerprint density at radius 2 is 2.04 bits per heavy atom. The van der Waals surface area contributed by atoms with Crippen LogP contribution in [-0.2, 0) is 27.6 Å². The van der Waals surface area contributed by atoms with Crippen LogP contribution in [0.2, 0.25) is 0 Å². The molecule has 1 aliphatic heterocycles. The molecule has 0 bridgehead atoms. The zero-order chi connectivity index (χ0) is 18.7. The second-order valence-corrected chi connectivity index (χ2v) is 8.36. The van der Waals surface area contributed by atoms with Crippen LogP contribution in [0.25, 0.3) is 11.1 Å². The molecule has 26 heavy (non-hydrogen) atoms. The van der Waals surface area contributed by atoms with Gasteiger partial charge in [0.1, 0.15) is 11.8 Å². The monoisotopic (exact) mass is 376 g/mol. The van der Waals surface area contributed by atoms with Gasteiger partial charge < -0.3 is 10.5 Å². The van der Waals surface area contributed by atoms with Crippen molar-refractivity contribution < 1.29 is 17.9 Å². The average molecular weight is 376 g/mol. The number of hydrogen-bond acceptors (Lipinski definition) is 6. The van der Waals surface area contributed by atoms with Crippen molar-refractivity contribution in [1.82, 2.24) is 9.97 Å². The third kappa shape index (κ3) is 4.36. The molecular formula is C17H20N4O4S. The van der Waals surface area contributed by atoms with E-state index in [9.17, 15) is 13.2 Å². The Morgan fingerprint density at radius 1 is 1.27 bits per heavy atom. The van der Waals surface area contributed by atoms with Gasteiger partial charge in [-0.3, -0.25) is 9.88 Å². The van der Waals surface area contributed by atoms with Crippen LogP contribution < -0.4 is 10.6 Å². The molecule has 0 saturated heterocycles. The van der Waals surface area contributed by atoms with Crippen molar-refractivity contribution in [1.29, 1.82) is 0 Å². The van der Waals surface area contributed by atoms with Gasteiger partial charge >= 0.3 is 6.03 Å². The summed E-state index contributed by atoms with van der Waals surface area (Å²) in [7, 11) is -3.17. The largest absolute Gasteiger partial charge is 0.361 e. The number of urea groups is 1. The summed E-state index contributed by atoms with van der Waals surface area (Å²) >= 11 is 0. The normalized spacial score (nSPS) is 14.1. The summed E-state index contributed by atoms with van der Waals surface area (Å²) in [6, 6.07) is 3.36. The summed E-state index contributed by atoms with van der Waals surface area (Å²) in [5.41, 5.74) is 8.85. The number of aromatic nitrogens is 2. The number of pyridine rings is 2. The highest BCUT2D eigenvalue weighted by atomic mass is 32.2. The van der Waals surface area contributed by atoms with E-state index in [0.717, 1.165) is 41.4 Å². The minimum atomic E-state index is -3.17. The molecule has 0 fully saturated rings. The maximum absolute atomic E-state index is 11.5. The number of hydrogen-bond donors (Lipinski definition) is 1. The van der Waals surface area contributed by atoms with Crippen LogP contribution in [0.15, 0.2) is 30.7 Å². The number of anilines is 1. The van der Waals surface area contributed by atoms with Gasteiger partial charge in [0.05, 0.1) is 6.61 Å². The van der Waals surface area contributed by atoms with Gasteiger partial charge in [0.25, 0.3) is 0 Å². The molecule has 2 aromatic rings. The van der Waals surface area contributed by atoms with Crippen LogP contribution in [0.1, 0.15) is 17.5 Å². The molecule has 0 radical (unpaired) electrons. The first-order valence-electron chi connectivity index (χ1n) is 8.09. The molecule has 0 atom stereocenters. The number of carbonyl (C=O) groups excluding carboxylic acids is 1. The third-order valence-electron chi connectivity index (χ3n) is 3.99. The van der Waals surface area contributed by atoms with Gasteiger partial charge in [0.2, 0.25) is 0 Å². The van der Waals surface area contributed by atoms with Crippen molar-refractivity contribution in [3.63, 3.8) is 0 Å². The van der Waals surface area contributed by atoms with Gasteiger partial charge in [-0.1, -0.05) is 0 Å². The number of fused-ring (bicyclic) bond motifs is 1. The Balaban J connectivity index is 1.81. The summed E-state index contributed by atoms with van der Waals surface area (Å²) in [6.07, 6.45) is 7.79. The summed E-state index contributed by atoms with van der Waals surface area (Å²) in [5.74, 6) is 0.272. The Labute approximate surface area is 151 Å². The van der Waals surface area contributed by atoms with Crippen molar-refractivity contribution in [2.24, 2.45) is 5.73 Å². The van der Waals surface area contributed by atoms with Gasteiger partial charge in [0, 0.05) is 42.5 Å². The van der Waals surface area contributed by atoms with E-state index in [4.69, 9.17) is 10.5 Å². The van der Waals surface area contributed by atoms with E-state index in [0.29, 0.717) is 12.4 Å². The third-order valence-corrected chi connectivity index (χ3v) is 4.58. The molecule has 0 spiro atoms. The van der Waals surface area contributed by atoms with Crippen molar-refractivity contribution >= 4 is 21.7 Å². The summed E-state index contributed by atoms with van der Waals surface area (Å²) in [4.78, 5) is 21.6. The first kappa shape index (κ1) is 18.3. The second kappa shape index (κ2) is 7.38. The van der Waals surface area contributed by atoms with Gasteiger partial charge in [-0.15, -0.1) is 0 Å². The van der Waals surface area contributed by atoms with E-state index in [1.165, 1.54) is 4.90 Å². The highest BCUT2D eigenvalue weighted by molar-refractivity contribution is 7.90. The fourth-order valence-corrected chi connectivity index (χ4v) is 3.26. The molecule has 8 nitrogen and oxygen atoms in total.